The molecule has 0 saturated carbocycles. The quantitative estimate of drug-likeness (QED) is 0.537. The summed E-state index contributed by atoms with van der Waals surface area (Å²) in [6.45, 7) is 0.268. The Morgan fingerprint density at radius 1 is 1.50 bits per heavy atom. The highest BCUT2D eigenvalue weighted by Gasteiger charge is 2.31. The highest BCUT2D eigenvalue weighted by molar-refractivity contribution is 5.79. The van der Waals surface area contributed by atoms with Crippen molar-refractivity contribution in [2.45, 2.75) is 12.5 Å². The molecule has 1 aliphatic rings. The van der Waals surface area contributed by atoms with Crippen LogP contribution in [0.2, 0.25) is 0 Å². The van der Waals surface area contributed by atoms with Crippen LogP contribution in [0, 0.1) is 5.92 Å². The van der Waals surface area contributed by atoms with Gasteiger partial charge in [-0.25, -0.2) is 9.59 Å². The summed E-state index contributed by atoms with van der Waals surface area (Å²) in [6.07, 6.45) is -1.12. The zero-order valence-electron chi connectivity index (χ0n) is 9.96. The van der Waals surface area contributed by atoms with Crippen LogP contribution in [0.3, 0.4) is 0 Å². The standard InChI is InChI=1S/C10H16N2O6/c1-18-9(16)6-2-3-12(5-6)10(17)11-4-7(13)8(14)15/h6-7,13H,2-5H2,1H3,(H,11,17)(H,14,15). The van der Waals surface area contributed by atoms with Gasteiger partial charge in [-0.15, -0.1) is 0 Å². The molecule has 0 aromatic rings. The Balaban J connectivity index is 2.36. The smallest absolute Gasteiger partial charge is 0.334 e. The number of rotatable bonds is 4. The number of hydrogen-bond donors (Lipinski definition) is 3. The fraction of sp³-hybridized carbons (Fsp3) is 0.700. The summed E-state index contributed by atoms with van der Waals surface area (Å²) in [5.74, 6) is -2.11. The zero-order chi connectivity index (χ0) is 13.7. The summed E-state index contributed by atoms with van der Waals surface area (Å²) in [4.78, 5) is 34.5. The van der Waals surface area contributed by atoms with Crippen LogP contribution in [0.1, 0.15) is 6.42 Å². The second kappa shape index (κ2) is 6.20. The predicted octanol–water partition coefficient (Wildman–Crippen LogP) is -1.36. The minimum atomic E-state index is -1.63. The lowest BCUT2D eigenvalue weighted by molar-refractivity contribution is -0.146. The van der Waals surface area contributed by atoms with Crippen LogP contribution >= 0.6 is 0 Å². The number of nitrogens with zero attached hydrogens (tertiary/aromatic N) is 1. The number of likely N-dealkylation sites (tertiary alicyclic amines) is 1. The minimum absolute atomic E-state index is 0.238. The lowest BCUT2D eigenvalue weighted by atomic mass is 10.1. The summed E-state index contributed by atoms with van der Waals surface area (Å²) in [5, 5.41) is 19.7. The van der Waals surface area contributed by atoms with Crippen LogP contribution < -0.4 is 5.32 Å². The van der Waals surface area contributed by atoms with E-state index in [4.69, 9.17) is 10.2 Å². The number of amides is 2. The van der Waals surface area contributed by atoms with Crippen molar-refractivity contribution in [3.63, 3.8) is 0 Å². The van der Waals surface area contributed by atoms with E-state index in [9.17, 15) is 14.4 Å². The summed E-state index contributed by atoms with van der Waals surface area (Å²) in [6, 6.07) is -0.498. The number of aliphatic hydroxyl groups is 1. The molecule has 1 saturated heterocycles. The number of nitrogens with one attached hydrogen (secondary N) is 1. The first-order valence-corrected chi connectivity index (χ1v) is 5.47. The third-order valence-electron chi connectivity index (χ3n) is 2.74. The fourth-order valence-corrected chi connectivity index (χ4v) is 1.69. The van der Waals surface area contributed by atoms with Crippen LogP contribution in [0.5, 0.6) is 0 Å². The average molecular weight is 260 g/mol. The van der Waals surface area contributed by atoms with Crippen molar-refractivity contribution >= 4 is 18.0 Å². The van der Waals surface area contributed by atoms with Gasteiger partial charge in [0.05, 0.1) is 19.6 Å². The predicted molar refractivity (Wildman–Crippen MR) is 58.7 cm³/mol. The van der Waals surface area contributed by atoms with E-state index in [1.807, 2.05) is 0 Å². The molecular weight excluding hydrogens is 244 g/mol. The number of ether oxygens (including phenoxy) is 1. The third-order valence-corrected chi connectivity index (χ3v) is 2.74. The van der Waals surface area contributed by atoms with Crippen molar-refractivity contribution in [2.75, 3.05) is 26.7 Å². The molecule has 1 heterocycles. The SMILES string of the molecule is COC(=O)C1CCN(C(=O)NCC(O)C(=O)O)C1. The molecule has 0 radical (unpaired) electrons. The topological polar surface area (TPSA) is 116 Å². The second-order valence-electron chi connectivity index (χ2n) is 3.99. The van der Waals surface area contributed by atoms with Gasteiger partial charge >= 0.3 is 18.0 Å². The van der Waals surface area contributed by atoms with Crippen molar-refractivity contribution in [2.24, 2.45) is 5.92 Å². The number of carboxylic acids is 1. The maximum absolute atomic E-state index is 11.6. The molecule has 0 aliphatic carbocycles. The van der Waals surface area contributed by atoms with Crippen molar-refractivity contribution in [3.8, 4) is 0 Å². The van der Waals surface area contributed by atoms with Gasteiger partial charge in [0.15, 0.2) is 6.10 Å². The maximum atomic E-state index is 11.6. The number of hydrogen-bond acceptors (Lipinski definition) is 5. The van der Waals surface area contributed by atoms with Gasteiger partial charge in [-0.05, 0) is 6.42 Å². The lowest BCUT2D eigenvalue weighted by Crippen LogP contribution is -2.43. The molecular formula is C10H16N2O6. The molecule has 2 atom stereocenters. The Bertz CT molecular complexity index is 345. The largest absolute Gasteiger partial charge is 0.479 e. The van der Waals surface area contributed by atoms with Crippen molar-refractivity contribution in [1.29, 1.82) is 0 Å². The summed E-state index contributed by atoms with van der Waals surface area (Å²) in [5.41, 5.74) is 0. The molecule has 102 valence electrons. The molecule has 0 aromatic heterocycles. The zero-order valence-corrected chi connectivity index (χ0v) is 9.96. The molecule has 0 bridgehead atoms. The average Bonchev–Trinajstić information content (AvgIpc) is 2.83. The molecule has 1 aliphatic heterocycles. The number of aliphatic carboxylic acids is 1. The number of carbonyl (C=O) groups is 3. The number of methoxy groups -OCH3 is 1. The first-order valence-electron chi connectivity index (χ1n) is 5.47. The molecule has 2 unspecified atom stereocenters. The molecule has 3 N–H and O–H groups in total. The van der Waals surface area contributed by atoms with Gasteiger partial charge in [0, 0.05) is 13.1 Å². The highest BCUT2D eigenvalue weighted by Crippen LogP contribution is 2.17. The molecule has 1 fully saturated rings. The molecule has 0 aromatic carbocycles. The Labute approximate surface area is 104 Å². The van der Waals surface area contributed by atoms with Gasteiger partial charge in [-0.1, -0.05) is 0 Å². The van der Waals surface area contributed by atoms with E-state index in [1.165, 1.54) is 12.0 Å². The minimum Gasteiger partial charge on any atom is -0.479 e. The van der Waals surface area contributed by atoms with Crippen molar-refractivity contribution < 1.29 is 29.3 Å². The number of aliphatic hydroxyl groups excluding tert-OH is 1. The van der Waals surface area contributed by atoms with E-state index in [1.54, 1.807) is 0 Å². The fourth-order valence-electron chi connectivity index (χ4n) is 1.69. The van der Waals surface area contributed by atoms with E-state index >= 15 is 0 Å². The lowest BCUT2D eigenvalue weighted by Gasteiger charge is -2.17. The van der Waals surface area contributed by atoms with Gasteiger partial charge in [-0.3, -0.25) is 4.79 Å². The van der Waals surface area contributed by atoms with Gasteiger partial charge < -0.3 is 25.2 Å². The van der Waals surface area contributed by atoms with Crippen LogP contribution in [0.4, 0.5) is 4.79 Å². The van der Waals surface area contributed by atoms with Crippen LogP contribution in [-0.2, 0) is 14.3 Å². The first-order chi connectivity index (χ1) is 8.45. The van der Waals surface area contributed by atoms with E-state index < -0.39 is 18.1 Å². The molecule has 8 nitrogen and oxygen atoms in total. The normalized spacial score (nSPS) is 20.3. The van der Waals surface area contributed by atoms with E-state index in [0.29, 0.717) is 13.0 Å². The van der Waals surface area contributed by atoms with Crippen LogP contribution in [0.15, 0.2) is 0 Å². The number of carbonyl (C=O) groups excluding carboxylic acids is 2. The van der Waals surface area contributed by atoms with Gasteiger partial charge in [0.25, 0.3) is 0 Å². The summed E-state index contributed by atoms with van der Waals surface area (Å²) < 4.78 is 4.58. The van der Waals surface area contributed by atoms with Crippen LogP contribution in [0.25, 0.3) is 0 Å². The number of carboxylic acid groups (broad SMARTS) is 1. The van der Waals surface area contributed by atoms with Gasteiger partial charge in [0.2, 0.25) is 0 Å². The molecule has 18 heavy (non-hydrogen) atoms. The molecule has 8 heteroatoms. The second-order valence-corrected chi connectivity index (χ2v) is 3.99. The summed E-state index contributed by atoms with van der Waals surface area (Å²) >= 11 is 0. The molecule has 2 amide bonds. The Morgan fingerprint density at radius 3 is 2.72 bits per heavy atom. The number of urea groups is 1. The van der Waals surface area contributed by atoms with Gasteiger partial charge in [0.1, 0.15) is 0 Å². The first kappa shape index (κ1) is 14.2. The number of esters is 1. The summed E-state index contributed by atoms with van der Waals surface area (Å²) in [7, 11) is 1.29. The van der Waals surface area contributed by atoms with Crippen LogP contribution in [-0.4, -0.2) is 65.9 Å². The molecule has 0 spiro atoms. The van der Waals surface area contributed by atoms with E-state index in [0.717, 1.165) is 0 Å². The van der Waals surface area contributed by atoms with E-state index in [2.05, 4.69) is 10.1 Å². The Morgan fingerprint density at radius 2 is 2.17 bits per heavy atom. The van der Waals surface area contributed by atoms with Crippen molar-refractivity contribution in [1.82, 2.24) is 10.2 Å². The Hall–Kier alpha value is -1.83. The third kappa shape index (κ3) is 3.59. The van der Waals surface area contributed by atoms with Crippen molar-refractivity contribution in [3.05, 3.63) is 0 Å². The monoisotopic (exact) mass is 260 g/mol. The van der Waals surface area contributed by atoms with Gasteiger partial charge in [-0.2, -0.15) is 0 Å². The highest BCUT2D eigenvalue weighted by atomic mass is 16.5. The van der Waals surface area contributed by atoms with E-state index in [-0.39, 0.29) is 25.0 Å². The molecule has 1 rings (SSSR count). The Kier molecular flexibility index (Phi) is 4.90. The maximum Gasteiger partial charge on any atom is 0.334 e.